The van der Waals surface area contributed by atoms with Crippen molar-refractivity contribution in [3.8, 4) is 45.3 Å². The minimum atomic E-state index is 0.615. The third-order valence-corrected chi connectivity index (χ3v) is 8.14. The predicted molar refractivity (Wildman–Crippen MR) is 176 cm³/mol. The molecule has 0 amide bonds. The van der Waals surface area contributed by atoms with Crippen LogP contribution in [-0.2, 0) is 0 Å². The first-order valence-electron chi connectivity index (χ1n) is 14.5. The molecule has 0 saturated heterocycles. The molecule has 0 fully saturated rings. The van der Waals surface area contributed by atoms with Crippen LogP contribution in [-0.4, -0.2) is 15.0 Å². The van der Waals surface area contributed by atoms with E-state index in [-0.39, 0.29) is 0 Å². The van der Waals surface area contributed by atoms with E-state index in [9.17, 15) is 0 Å². The molecule has 5 heteroatoms. The van der Waals surface area contributed by atoms with Gasteiger partial charge in [0.1, 0.15) is 22.3 Å². The van der Waals surface area contributed by atoms with Gasteiger partial charge in [0.25, 0.3) is 0 Å². The van der Waals surface area contributed by atoms with Crippen LogP contribution in [0.5, 0.6) is 0 Å². The smallest absolute Gasteiger partial charge is 0.164 e. The first-order valence-corrected chi connectivity index (χ1v) is 14.5. The Bertz CT molecular complexity index is 2440. The van der Waals surface area contributed by atoms with Crippen molar-refractivity contribution in [2.24, 2.45) is 0 Å². The molecule has 6 aromatic carbocycles. The lowest BCUT2D eigenvalue weighted by molar-refractivity contribution is 0.668. The monoisotopic (exact) mass is 565 g/mol. The van der Waals surface area contributed by atoms with Crippen LogP contribution < -0.4 is 0 Å². The van der Waals surface area contributed by atoms with Gasteiger partial charge in [-0.3, -0.25) is 0 Å². The van der Waals surface area contributed by atoms with Crippen LogP contribution in [0.3, 0.4) is 0 Å². The molecule has 0 spiro atoms. The summed E-state index contributed by atoms with van der Waals surface area (Å²) in [7, 11) is 0. The van der Waals surface area contributed by atoms with Crippen molar-refractivity contribution >= 4 is 43.9 Å². The van der Waals surface area contributed by atoms with Crippen LogP contribution in [0.2, 0.25) is 0 Å². The van der Waals surface area contributed by atoms with Crippen molar-refractivity contribution in [3.05, 3.63) is 140 Å². The number of benzene rings is 6. The minimum Gasteiger partial charge on any atom is -0.456 e. The van der Waals surface area contributed by atoms with Gasteiger partial charge in [0.05, 0.1) is 0 Å². The minimum absolute atomic E-state index is 0.615. The van der Waals surface area contributed by atoms with Gasteiger partial charge in [-0.2, -0.15) is 0 Å². The molecule has 9 aromatic rings. The summed E-state index contributed by atoms with van der Waals surface area (Å²) in [6.45, 7) is 0. The molecule has 9 rings (SSSR count). The van der Waals surface area contributed by atoms with Gasteiger partial charge in [-0.1, -0.05) is 97.1 Å². The maximum Gasteiger partial charge on any atom is 0.164 e. The highest BCUT2D eigenvalue weighted by Gasteiger charge is 2.16. The third-order valence-electron chi connectivity index (χ3n) is 8.14. The molecule has 3 heterocycles. The molecule has 0 aliphatic heterocycles. The zero-order valence-electron chi connectivity index (χ0n) is 23.4. The van der Waals surface area contributed by atoms with E-state index in [1.165, 1.54) is 0 Å². The number of hydrogen-bond donors (Lipinski definition) is 0. The SMILES string of the molecule is c1ccc(-c2nc(-c3ccccc3)nc(-c3ccc4oc5cc(-c6cccc7oc8ccccc8c67)ccc5c4c3)n2)cc1. The molecule has 0 N–H and O–H groups in total. The van der Waals surface area contributed by atoms with Crippen LogP contribution in [0, 0.1) is 0 Å². The first-order chi connectivity index (χ1) is 21.8. The Morgan fingerprint density at radius 3 is 1.68 bits per heavy atom. The van der Waals surface area contributed by atoms with E-state index >= 15 is 0 Å². The molecule has 0 atom stereocenters. The standard InChI is InChI=1S/C39H23N3O2/c1-3-10-24(11-4-1)37-40-38(25-12-5-2-6-13-25)42-39(41-37)27-19-21-33-31(22-27)29-20-18-26(23-35(29)44-33)28-15-9-17-34-36(28)30-14-7-8-16-32(30)43-34/h1-23H. The Balaban J connectivity index is 1.19. The number of furan rings is 2. The Kier molecular flexibility index (Phi) is 5.43. The molecule has 0 saturated carbocycles. The molecule has 5 nitrogen and oxygen atoms in total. The number of rotatable bonds is 4. The molecule has 0 unspecified atom stereocenters. The summed E-state index contributed by atoms with van der Waals surface area (Å²) in [6, 6.07) is 47.0. The van der Waals surface area contributed by atoms with Gasteiger partial charge in [-0.25, -0.2) is 15.0 Å². The van der Waals surface area contributed by atoms with Crippen LogP contribution in [0.1, 0.15) is 0 Å². The van der Waals surface area contributed by atoms with E-state index < -0.39 is 0 Å². The van der Waals surface area contributed by atoms with Crippen molar-refractivity contribution in [2.45, 2.75) is 0 Å². The summed E-state index contributed by atoms with van der Waals surface area (Å²) in [5.74, 6) is 1.89. The van der Waals surface area contributed by atoms with Gasteiger partial charge in [-0.15, -0.1) is 0 Å². The molecule has 0 bridgehead atoms. The molecule has 206 valence electrons. The van der Waals surface area contributed by atoms with Crippen molar-refractivity contribution < 1.29 is 8.83 Å². The van der Waals surface area contributed by atoms with Crippen LogP contribution in [0.4, 0.5) is 0 Å². The summed E-state index contributed by atoms with van der Waals surface area (Å²) in [4.78, 5) is 14.7. The van der Waals surface area contributed by atoms with Crippen LogP contribution in [0.15, 0.2) is 148 Å². The molecule has 0 aliphatic rings. The van der Waals surface area contributed by atoms with E-state index in [1.807, 2.05) is 103 Å². The molecule has 44 heavy (non-hydrogen) atoms. The zero-order chi connectivity index (χ0) is 29.0. The Morgan fingerprint density at radius 2 is 0.932 bits per heavy atom. The first kappa shape index (κ1) is 24.5. The fourth-order valence-corrected chi connectivity index (χ4v) is 6.04. The second kappa shape index (κ2) is 9.75. The lowest BCUT2D eigenvalue weighted by Gasteiger charge is -2.08. The van der Waals surface area contributed by atoms with E-state index in [2.05, 4.69) is 36.4 Å². The quantitative estimate of drug-likeness (QED) is 0.212. The van der Waals surface area contributed by atoms with E-state index in [4.69, 9.17) is 23.8 Å². The summed E-state index contributed by atoms with van der Waals surface area (Å²) < 4.78 is 12.5. The van der Waals surface area contributed by atoms with Gasteiger partial charge >= 0.3 is 0 Å². The molecule has 0 radical (unpaired) electrons. The fourth-order valence-electron chi connectivity index (χ4n) is 6.04. The number of hydrogen-bond acceptors (Lipinski definition) is 5. The highest BCUT2D eigenvalue weighted by molar-refractivity contribution is 6.13. The van der Waals surface area contributed by atoms with Gasteiger partial charge < -0.3 is 8.83 Å². The van der Waals surface area contributed by atoms with E-state index in [1.54, 1.807) is 0 Å². The second-order valence-corrected chi connectivity index (χ2v) is 10.8. The molecule has 3 aromatic heterocycles. The highest BCUT2D eigenvalue weighted by atomic mass is 16.3. The summed E-state index contributed by atoms with van der Waals surface area (Å²) in [6.07, 6.45) is 0. The maximum absolute atomic E-state index is 6.40. The van der Waals surface area contributed by atoms with Crippen molar-refractivity contribution in [1.29, 1.82) is 0 Å². The number of aromatic nitrogens is 3. The van der Waals surface area contributed by atoms with Gasteiger partial charge in [0.15, 0.2) is 17.5 Å². The lowest BCUT2D eigenvalue weighted by atomic mass is 9.98. The van der Waals surface area contributed by atoms with Gasteiger partial charge in [0.2, 0.25) is 0 Å². The van der Waals surface area contributed by atoms with Gasteiger partial charge in [0, 0.05) is 38.2 Å². The number of para-hydroxylation sites is 1. The van der Waals surface area contributed by atoms with Crippen molar-refractivity contribution in [1.82, 2.24) is 15.0 Å². The van der Waals surface area contributed by atoms with Crippen molar-refractivity contribution in [2.75, 3.05) is 0 Å². The predicted octanol–water partition coefficient (Wildman–Crippen LogP) is 10.3. The number of nitrogens with zero attached hydrogens (tertiary/aromatic N) is 3. The average molecular weight is 566 g/mol. The average Bonchev–Trinajstić information content (AvgIpc) is 3.66. The van der Waals surface area contributed by atoms with Crippen LogP contribution in [0.25, 0.3) is 89.2 Å². The fraction of sp³-hybridized carbons (Fsp3) is 0. The normalized spacial score (nSPS) is 11.6. The summed E-state index contributed by atoms with van der Waals surface area (Å²) in [5, 5.41) is 4.27. The molecular formula is C39H23N3O2. The van der Waals surface area contributed by atoms with E-state index in [0.29, 0.717) is 17.5 Å². The second-order valence-electron chi connectivity index (χ2n) is 10.8. The summed E-state index contributed by atoms with van der Waals surface area (Å²) >= 11 is 0. The molecular weight excluding hydrogens is 542 g/mol. The van der Waals surface area contributed by atoms with Crippen molar-refractivity contribution in [3.63, 3.8) is 0 Å². The lowest BCUT2D eigenvalue weighted by Crippen LogP contribution is -2.00. The Labute approximate surface area is 252 Å². The topological polar surface area (TPSA) is 65.0 Å². The van der Waals surface area contributed by atoms with Crippen LogP contribution >= 0.6 is 0 Å². The largest absolute Gasteiger partial charge is 0.456 e. The third kappa shape index (κ3) is 3.98. The Morgan fingerprint density at radius 1 is 0.341 bits per heavy atom. The number of fused-ring (bicyclic) bond motifs is 6. The van der Waals surface area contributed by atoms with Gasteiger partial charge in [-0.05, 0) is 53.6 Å². The highest BCUT2D eigenvalue weighted by Crippen LogP contribution is 2.39. The summed E-state index contributed by atoms with van der Waals surface area (Å²) in [5.41, 5.74) is 8.37. The Hall–Kier alpha value is -6.07. The zero-order valence-corrected chi connectivity index (χ0v) is 23.4. The van der Waals surface area contributed by atoms with E-state index in [0.717, 1.165) is 71.7 Å². The maximum atomic E-state index is 6.40. The molecule has 0 aliphatic carbocycles.